The van der Waals surface area contributed by atoms with Crippen molar-refractivity contribution in [3.63, 3.8) is 0 Å². The zero-order valence-corrected chi connectivity index (χ0v) is 10.2. The third-order valence-corrected chi connectivity index (χ3v) is 4.10. The predicted octanol–water partition coefficient (Wildman–Crippen LogP) is 4.31. The molecule has 2 aromatic rings. The summed E-state index contributed by atoms with van der Waals surface area (Å²) in [4.78, 5) is 1.12. The lowest BCUT2D eigenvalue weighted by Gasteiger charge is -2.03. The predicted molar refractivity (Wildman–Crippen MR) is 67.8 cm³/mol. The number of fused-ring (bicyclic) bond motifs is 1. The molecule has 0 fully saturated rings. The Kier molecular flexibility index (Phi) is 2.84. The highest BCUT2D eigenvalue weighted by atomic mass is 32.1. The molecule has 1 aromatic carbocycles. The first kappa shape index (κ1) is 10.1. The standard InChI is InChI=1S/C12H14S2/c1-3-8-5-6-10(13)11-9(4-2)7-14-12(8)11/h5-7,13H,3-4H2,1-2H3. The van der Waals surface area contributed by atoms with E-state index in [2.05, 4.69) is 44.0 Å². The molecule has 0 spiro atoms. The van der Waals surface area contributed by atoms with Crippen molar-refractivity contribution in [2.24, 2.45) is 0 Å². The van der Waals surface area contributed by atoms with Crippen LogP contribution in [0.25, 0.3) is 10.1 Å². The third kappa shape index (κ3) is 1.47. The summed E-state index contributed by atoms with van der Waals surface area (Å²) in [7, 11) is 0. The number of hydrogen-bond acceptors (Lipinski definition) is 2. The highest BCUT2D eigenvalue weighted by Gasteiger charge is 2.08. The molecule has 0 aliphatic heterocycles. The molecule has 2 rings (SSSR count). The van der Waals surface area contributed by atoms with Gasteiger partial charge in [0.05, 0.1) is 0 Å². The van der Waals surface area contributed by atoms with Crippen molar-refractivity contribution in [1.82, 2.24) is 0 Å². The van der Waals surface area contributed by atoms with Crippen LogP contribution < -0.4 is 0 Å². The van der Waals surface area contributed by atoms with Gasteiger partial charge in [0.15, 0.2) is 0 Å². The van der Waals surface area contributed by atoms with Gasteiger partial charge in [-0.2, -0.15) is 0 Å². The van der Waals surface area contributed by atoms with Gasteiger partial charge in [-0.15, -0.1) is 24.0 Å². The molecule has 2 heteroatoms. The van der Waals surface area contributed by atoms with Crippen LogP contribution in [0.1, 0.15) is 25.0 Å². The van der Waals surface area contributed by atoms with Gasteiger partial charge in [0.25, 0.3) is 0 Å². The molecule has 0 aliphatic carbocycles. The van der Waals surface area contributed by atoms with E-state index in [1.165, 1.54) is 21.2 Å². The van der Waals surface area contributed by atoms with E-state index in [9.17, 15) is 0 Å². The smallest absolute Gasteiger partial charge is 0.0388 e. The fourth-order valence-corrected chi connectivity index (χ4v) is 3.46. The zero-order chi connectivity index (χ0) is 10.1. The topological polar surface area (TPSA) is 0 Å². The molecular formula is C12H14S2. The second-order valence-corrected chi connectivity index (χ2v) is 4.78. The molecule has 0 radical (unpaired) electrons. The molecule has 1 heterocycles. The van der Waals surface area contributed by atoms with E-state index >= 15 is 0 Å². The summed E-state index contributed by atoms with van der Waals surface area (Å²) in [6, 6.07) is 4.32. The summed E-state index contributed by atoms with van der Waals surface area (Å²) >= 11 is 6.39. The van der Waals surface area contributed by atoms with Crippen molar-refractivity contribution in [2.75, 3.05) is 0 Å². The van der Waals surface area contributed by atoms with Crippen molar-refractivity contribution in [3.8, 4) is 0 Å². The van der Waals surface area contributed by atoms with Gasteiger partial charge in [-0.3, -0.25) is 0 Å². The van der Waals surface area contributed by atoms with Gasteiger partial charge in [0, 0.05) is 15.0 Å². The fourth-order valence-electron chi connectivity index (χ4n) is 1.79. The molecule has 0 amide bonds. The number of rotatable bonds is 2. The van der Waals surface area contributed by atoms with E-state index in [1.807, 2.05) is 11.3 Å². The second kappa shape index (κ2) is 3.95. The van der Waals surface area contributed by atoms with Gasteiger partial charge < -0.3 is 0 Å². The molecule has 74 valence electrons. The first-order valence-electron chi connectivity index (χ1n) is 4.98. The Morgan fingerprint density at radius 2 is 1.86 bits per heavy atom. The summed E-state index contributed by atoms with van der Waals surface area (Å²) in [6.07, 6.45) is 2.20. The average Bonchev–Trinajstić information content (AvgIpc) is 2.63. The Hall–Kier alpha value is -0.470. The monoisotopic (exact) mass is 222 g/mol. The highest BCUT2D eigenvalue weighted by Crippen LogP contribution is 2.34. The molecule has 0 unspecified atom stereocenters. The third-order valence-electron chi connectivity index (χ3n) is 2.62. The fraction of sp³-hybridized carbons (Fsp3) is 0.333. The van der Waals surface area contributed by atoms with Crippen molar-refractivity contribution >= 4 is 34.1 Å². The van der Waals surface area contributed by atoms with Crippen molar-refractivity contribution in [3.05, 3.63) is 28.6 Å². The van der Waals surface area contributed by atoms with E-state index in [0.717, 1.165) is 17.7 Å². The highest BCUT2D eigenvalue weighted by molar-refractivity contribution is 7.80. The van der Waals surface area contributed by atoms with Crippen LogP contribution in [0.3, 0.4) is 0 Å². The molecule has 1 aromatic heterocycles. The van der Waals surface area contributed by atoms with Crippen LogP contribution in [-0.2, 0) is 12.8 Å². The first-order chi connectivity index (χ1) is 6.77. The Bertz CT molecular complexity index is 455. The van der Waals surface area contributed by atoms with Crippen LogP contribution in [0.2, 0.25) is 0 Å². The van der Waals surface area contributed by atoms with Crippen molar-refractivity contribution in [2.45, 2.75) is 31.6 Å². The van der Waals surface area contributed by atoms with Gasteiger partial charge in [-0.05, 0) is 35.4 Å². The lowest BCUT2D eigenvalue weighted by molar-refractivity contribution is 1.15. The molecule has 0 nitrogen and oxygen atoms in total. The van der Waals surface area contributed by atoms with Crippen LogP contribution in [0.5, 0.6) is 0 Å². The summed E-state index contributed by atoms with van der Waals surface area (Å²) < 4.78 is 1.43. The summed E-state index contributed by atoms with van der Waals surface area (Å²) in [6.45, 7) is 4.41. The first-order valence-corrected chi connectivity index (χ1v) is 6.31. The minimum absolute atomic E-state index is 1.10. The number of benzene rings is 1. The molecular weight excluding hydrogens is 208 g/mol. The summed E-state index contributed by atoms with van der Waals surface area (Å²) in [5, 5.41) is 3.64. The van der Waals surface area contributed by atoms with Gasteiger partial charge in [0.2, 0.25) is 0 Å². The SMILES string of the molecule is CCc1ccc(S)c2c(CC)csc12. The van der Waals surface area contributed by atoms with Gasteiger partial charge in [-0.25, -0.2) is 0 Å². The van der Waals surface area contributed by atoms with Crippen molar-refractivity contribution in [1.29, 1.82) is 0 Å². The molecule has 0 aliphatic rings. The number of thiol groups is 1. The van der Waals surface area contributed by atoms with Crippen LogP contribution >= 0.6 is 24.0 Å². The van der Waals surface area contributed by atoms with Crippen molar-refractivity contribution < 1.29 is 0 Å². The van der Waals surface area contributed by atoms with Gasteiger partial charge in [-0.1, -0.05) is 19.9 Å². The molecule has 0 saturated carbocycles. The Labute approximate surface area is 94.4 Å². The molecule has 0 bridgehead atoms. The molecule has 0 saturated heterocycles. The van der Waals surface area contributed by atoms with Crippen LogP contribution in [0, 0.1) is 0 Å². The van der Waals surface area contributed by atoms with Crippen LogP contribution in [0.4, 0.5) is 0 Å². The minimum atomic E-state index is 1.10. The van der Waals surface area contributed by atoms with E-state index in [4.69, 9.17) is 0 Å². The lowest BCUT2D eigenvalue weighted by Crippen LogP contribution is -1.83. The zero-order valence-electron chi connectivity index (χ0n) is 8.50. The average molecular weight is 222 g/mol. The summed E-state index contributed by atoms with van der Waals surface area (Å²) in [5.41, 5.74) is 2.88. The molecule has 0 N–H and O–H groups in total. The van der Waals surface area contributed by atoms with E-state index in [1.54, 1.807) is 0 Å². The molecule has 0 atom stereocenters. The minimum Gasteiger partial charge on any atom is -0.143 e. The lowest BCUT2D eigenvalue weighted by atomic mass is 10.1. The maximum Gasteiger partial charge on any atom is 0.0388 e. The second-order valence-electron chi connectivity index (χ2n) is 3.42. The van der Waals surface area contributed by atoms with Gasteiger partial charge in [0.1, 0.15) is 0 Å². The normalized spacial score (nSPS) is 11.1. The van der Waals surface area contributed by atoms with Gasteiger partial charge >= 0.3 is 0 Å². The summed E-state index contributed by atoms with van der Waals surface area (Å²) in [5.74, 6) is 0. The van der Waals surface area contributed by atoms with E-state index < -0.39 is 0 Å². The number of thiophene rings is 1. The Morgan fingerprint density at radius 1 is 1.14 bits per heavy atom. The van der Waals surface area contributed by atoms with Crippen LogP contribution in [-0.4, -0.2) is 0 Å². The number of hydrogen-bond donors (Lipinski definition) is 1. The maximum absolute atomic E-state index is 4.53. The van der Waals surface area contributed by atoms with E-state index in [-0.39, 0.29) is 0 Å². The number of aryl methyl sites for hydroxylation is 2. The maximum atomic E-state index is 4.53. The molecule has 14 heavy (non-hydrogen) atoms. The Morgan fingerprint density at radius 3 is 2.50 bits per heavy atom. The van der Waals surface area contributed by atoms with E-state index in [0.29, 0.717) is 0 Å². The largest absolute Gasteiger partial charge is 0.143 e. The Balaban J connectivity index is 2.80. The van der Waals surface area contributed by atoms with Crippen LogP contribution in [0.15, 0.2) is 22.4 Å². The quantitative estimate of drug-likeness (QED) is 0.719.